The number of hydrogen-bond acceptors (Lipinski definition) is 7. The van der Waals surface area contributed by atoms with E-state index in [0.29, 0.717) is 18.7 Å². The van der Waals surface area contributed by atoms with E-state index in [2.05, 4.69) is 14.8 Å². The van der Waals surface area contributed by atoms with Gasteiger partial charge in [-0.3, -0.25) is 9.59 Å². The first-order valence-electron chi connectivity index (χ1n) is 10.8. The van der Waals surface area contributed by atoms with Gasteiger partial charge in [-0.2, -0.15) is 4.31 Å². The van der Waals surface area contributed by atoms with E-state index in [1.165, 1.54) is 53.7 Å². The molecule has 0 saturated carbocycles. The maximum atomic E-state index is 12.9. The van der Waals surface area contributed by atoms with Gasteiger partial charge in [0.1, 0.15) is 5.82 Å². The highest BCUT2D eigenvalue weighted by Crippen LogP contribution is 2.23. The molecule has 0 atom stereocenters. The number of nitrogens with zero attached hydrogens (tertiary/aromatic N) is 5. The molecule has 0 bridgehead atoms. The number of carbonyl (C=O) groups is 2. The maximum Gasteiger partial charge on any atom is 0.243 e. The molecule has 0 N–H and O–H groups in total. The topological polar surface area (TPSA) is 105 Å². The summed E-state index contributed by atoms with van der Waals surface area (Å²) in [6.07, 6.45) is 4.33. The van der Waals surface area contributed by atoms with Crippen molar-refractivity contribution in [3.63, 3.8) is 0 Å². The standard InChI is InChI=1S/C21H27N5O4S2/c1-16(27)17-6-8-18(9-7-17)32(29,30)25-13-11-24(12-14-25)20(28)15-31-21-23-22-19-5-3-2-4-10-26(19)21/h6-9H,2-5,10-15H2,1H3. The zero-order chi connectivity index (χ0) is 22.7. The van der Waals surface area contributed by atoms with Crippen molar-refractivity contribution in [1.82, 2.24) is 24.0 Å². The van der Waals surface area contributed by atoms with Gasteiger partial charge in [-0.15, -0.1) is 10.2 Å². The van der Waals surface area contributed by atoms with E-state index < -0.39 is 10.0 Å². The molecule has 0 aliphatic carbocycles. The fourth-order valence-corrected chi connectivity index (χ4v) is 6.28. The molecule has 9 nitrogen and oxygen atoms in total. The summed E-state index contributed by atoms with van der Waals surface area (Å²) in [6.45, 7) is 3.52. The van der Waals surface area contributed by atoms with Gasteiger partial charge >= 0.3 is 0 Å². The summed E-state index contributed by atoms with van der Waals surface area (Å²) in [6, 6.07) is 5.97. The minimum atomic E-state index is -3.66. The molecule has 2 aliphatic rings. The molecule has 11 heteroatoms. The highest BCUT2D eigenvalue weighted by atomic mass is 32.2. The number of amides is 1. The third kappa shape index (κ3) is 4.89. The van der Waals surface area contributed by atoms with E-state index in [1.807, 2.05) is 0 Å². The predicted molar refractivity (Wildman–Crippen MR) is 120 cm³/mol. The lowest BCUT2D eigenvalue weighted by atomic mass is 10.2. The Labute approximate surface area is 192 Å². The van der Waals surface area contributed by atoms with Crippen molar-refractivity contribution in [2.24, 2.45) is 0 Å². The van der Waals surface area contributed by atoms with Crippen LogP contribution in [0.25, 0.3) is 0 Å². The van der Waals surface area contributed by atoms with Crippen LogP contribution in [-0.4, -0.2) is 76.0 Å². The Morgan fingerprint density at radius 2 is 1.69 bits per heavy atom. The smallest absolute Gasteiger partial charge is 0.243 e. The van der Waals surface area contributed by atoms with Crippen LogP contribution in [0.2, 0.25) is 0 Å². The maximum absolute atomic E-state index is 12.9. The minimum Gasteiger partial charge on any atom is -0.339 e. The number of benzene rings is 1. The van der Waals surface area contributed by atoms with Crippen LogP contribution in [0.1, 0.15) is 42.4 Å². The molecule has 0 radical (unpaired) electrons. The normalized spacial score (nSPS) is 17.6. The van der Waals surface area contributed by atoms with Crippen molar-refractivity contribution < 1.29 is 18.0 Å². The summed E-state index contributed by atoms with van der Waals surface area (Å²) in [5, 5.41) is 9.29. The highest BCUT2D eigenvalue weighted by molar-refractivity contribution is 7.99. The van der Waals surface area contributed by atoms with Gasteiger partial charge in [0, 0.05) is 44.7 Å². The molecule has 3 heterocycles. The summed E-state index contributed by atoms with van der Waals surface area (Å²) < 4.78 is 29.3. The molecule has 2 aliphatic heterocycles. The molecule has 172 valence electrons. The fraction of sp³-hybridized carbons (Fsp3) is 0.524. The number of ketones is 1. The summed E-state index contributed by atoms with van der Waals surface area (Å²) in [4.78, 5) is 26.0. The number of hydrogen-bond donors (Lipinski definition) is 0. The average molecular weight is 478 g/mol. The lowest BCUT2D eigenvalue weighted by molar-refractivity contribution is -0.129. The molecule has 4 rings (SSSR count). The van der Waals surface area contributed by atoms with Crippen molar-refractivity contribution in [2.75, 3.05) is 31.9 Å². The zero-order valence-corrected chi connectivity index (χ0v) is 19.7. The van der Waals surface area contributed by atoms with Gasteiger partial charge in [-0.1, -0.05) is 30.3 Å². The van der Waals surface area contributed by atoms with Crippen LogP contribution < -0.4 is 0 Å². The highest BCUT2D eigenvalue weighted by Gasteiger charge is 2.30. The van der Waals surface area contributed by atoms with Gasteiger partial charge in [0.25, 0.3) is 0 Å². The van der Waals surface area contributed by atoms with Crippen molar-refractivity contribution in [3.05, 3.63) is 35.7 Å². The van der Waals surface area contributed by atoms with Gasteiger partial charge in [0.15, 0.2) is 10.9 Å². The van der Waals surface area contributed by atoms with Crippen molar-refractivity contribution in [3.8, 4) is 0 Å². The van der Waals surface area contributed by atoms with Crippen LogP contribution in [0.3, 0.4) is 0 Å². The van der Waals surface area contributed by atoms with Crippen LogP contribution in [0, 0.1) is 0 Å². The van der Waals surface area contributed by atoms with Crippen LogP contribution >= 0.6 is 11.8 Å². The van der Waals surface area contributed by atoms with Crippen LogP contribution in [0.15, 0.2) is 34.3 Å². The number of carbonyl (C=O) groups excluding carboxylic acids is 2. The van der Waals surface area contributed by atoms with E-state index in [-0.39, 0.29) is 35.4 Å². The molecule has 0 spiro atoms. The second-order valence-corrected chi connectivity index (χ2v) is 10.9. The van der Waals surface area contributed by atoms with Gasteiger partial charge in [-0.25, -0.2) is 8.42 Å². The first-order chi connectivity index (χ1) is 15.4. The molecule has 1 aromatic heterocycles. The Balaban J connectivity index is 1.32. The number of aryl methyl sites for hydroxylation is 1. The monoisotopic (exact) mass is 477 g/mol. The van der Waals surface area contributed by atoms with Gasteiger partial charge in [0.05, 0.1) is 10.6 Å². The Bertz CT molecular complexity index is 1090. The summed E-state index contributed by atoms with van der Waals surface area (Å²) in [7, 11) is -3.66. The Morgan fingerprint density at radius 3 is 2.38 bits per heavy atom. The van der Waals surface area contributed by atoms with Gasteiger partial charge in [0.2, 0.25) is 15.9 Å². The van der Waals surface area contributed by atoms with E-state index in [9.17, 15) is 18.0 Å². The second-order valence-electron chi connectivity index (χ2n) is 8.02. The molecular formula is C21H27N5O4S2. The van der Waals surface area contributed by atoms with E-state index in [1.54, 1.807) is 4.90 Å². The Morgan fingerprint density at radius 1 is 0.969 bits per heavy atom. The van der Waals surface area contributed by atoms with Crippen LogP contribution in [-0.2, 0) is 27.8 Å². The zero-order valence-electron chi connectivity index (χ0n) is 18.1. The summed E-state index contributed by atoms with van der Waals surface area (Å²) in [5.74, 6) is 1.12. The first kappa shape index (κ1) is 22.9. The summed E-state index contributed by atoms with van der Waals surface area (Å²) >= 11 is 1.40. The number of piperazine rings is 1. The van der Waals surface area contributed by atoms with Gasteiger partial charge < -0.3 is 9.47 Å². The first-order valence-corrected chi connectivity index (χ1v) is 13.2. The number of aromatic nitrogens is 3. The Hall–Kier alpha value is -2.24. The third-order valence-corrected chi connectivity index (χ3v) is 8.75. The number of fused-ring (bicyclic) bond motifs is 1. The molecule has 32 heavy (non-hydrogen) atoms. The Kier molecular flexibility index (Phi) is 6.96. The van der Waals surface area contributed by atoms with E-state index in [4.69, 9.17) is 0 Å². The summed E-state index contributed by atoms with van der Waals surface area (Å²) in [5.41, 5.74) is 0.474. The van der Waals surface area contributed by atoms with Gasteiger partial charge in [-0.05, 0) is 31.9 Å². The van der Waals surface area contributed by atoms with Crippen LogP contribution in [0.4, 0.5) is 0 Å². The number of Topliss-reactive ketones (excluding diaryl/α,β-unsaturated/α-hetero) is 1. The number of sulfonamides is 1. The molecule has 1 saturated heterocycles. The molecule has 1 amide bonds. The number of rotatable bonds is 6. The quantitative estimate of drug-likeness (QED) is 0.462. The van der Waals surface area contributed by atoms with Crippen molar-refractivity contribution >= 4 is 33.5 Å². The predicted octanol–water partition coefficient (Wildman–Crippen LogP) is 1.83. The lowest BCUT2D eigenvalue weighted by Gasteiger charge is -2.34. The third-order valence-electron chi connectivity index (χ3n) is 5.89. The SMILES string of the molecule is CC(=O)c1ccc(S(=O)(=O)N2CCN(C(=O)CSc3nnc4n3CCCCC4)CC2)cc1. The fourth-order valence-electron chi connectivity index (χ4n) is 3.97. The van der Waals surface area contributed by atoms with Crippen LogP contribution in [0.5, 0.6) is 0 Å². The lowest BCUT2D eigenvalue weighted by Crippen LogP contribution is -2.51. The van der Waals surface area contributed by atoms with E-state index in [0.717, 1.165) is 36.8 Å². The number of thioether (sulfide) groups is 1. The van der Waals surface area contributed by atoms with E-state index >= 15 is 0 Å². The second kappa shape index (κ2) is 9.72. The minimum absolute atomic E-state index is 0.0242. The molecule has 0 unspecified atom stereocenters. The molecule has 2 aromatic rings. The molecular weight excluding hydrogens is 450 g/mol. The molecule has 1 fully saturated rings. The molecule has 1 aromatic carbocycles. The van der Waals surface area contributed by atoms with Crippen molar-refractivity contribution in [1.29, 1.82) is 0 Å². The largest absolute Gasteiger partial charge is 0.339 e. The van der Waals surface area contributed by atoms with Crippen molar-refractivity contribution in [2.45, 2.75) is 49.2 Å². The average Bonchev–Trinajstić information content (AvgIpc) is 3.03.